The molecule has 0 spiro atoms. The number of nitrogens with zero attached hydrogens (tertiary/aromatic N) is 4. The van der Waals surface area contributed by atoms with E-state index in [1.165, 1.54) is 28.1 Å². The Morgan fingerprint density at radius 3 is 2.58 bits per heavy atom. The van der Waals surface area contributed by atoms with Crippen LogP contribution in [0.4, 0.5) is 9.59 Å². The first-order valence-electron chi connectivity index (χ1n) is 9.57. The fraction of sp³-hybridized carbons (Fsp3) is 0.529. The predicted octanol–water partition coefficient (Wildman–Crippen LogP) is -3.51. The Morgan fingerprint density at radius 2 is 1.94 bits per heavy atom. The molecule has 1 atom stereocenters. The van der Waals surface area contributed by atoms with Crippen LogP contribution in [0.2, 0.25) is 0 Å². The zero-order valence-corrected chi connectivity index (χ0v) is 21.4. The molecule has 0 radical (unpaired) electrons. The van der Waals surface area contributed by atoms with Crippen molar-refractivity contribution in [1.82, 2.24) is 30.4 Å². The maximum Gasteiger partial charge on any atom is 1.00 e. The molecule has 1 saturated heterocycles. The Balaban J connectivity index is 0.00000385. The maximum atomic E-state index is 12.3. The molecule has 3 rings (SSSR count). The van der Waals surface area contributed by atoms with E-state index in [1.807, 2.05) is 0 Å². The van der Waals surface area contributed by atoms with Gasteiger partial charge in [-0.15, -0.1) is 0 Å². The Bertz CT molecular complexity index is 1050. The summed E-state index contributed by atoms with van der Waals surface area (Å²) >= 11 is 0. The number of nitrogens with one attached hydrogen (secondary N) is 2. The van der Waals surface area contributed by atoms with Gasteiger partial charge >= 0.3 is 41.7 Å². The predicted molar refractivity (Wildman–Crippen MR) is 106 cm³/mol. The van der Waals surface area contributed by atoms with Crippen molar-refractivity contribution in [2.45, 2.75) is 32.4 Å². The van der Waals surface area contributed by atoms with E-state index in [0.29, 0.717) is 10.8 Å². The van der Waals surface area contributed by atoms with Crippen LogP contribution in [0.5, 0.6) is 0 Å². The molecular weight excluding hydrogens is 471 g/mol. The quantitative estimate of drug-likeness (QED) is 0.169. The van der Waals surface area contributed by atoms with E-state index < -0.39 is 40.1 Å². The monoisotopic (exact) mass is 494 g/mol. The van der Waals surface area contributed by atoms with Crippen molar-refractivity contribution in [3.8, 4) is 0 Å². The van der Waals surface area contributed by atoms with E-state index in [0.717, 1.165) is 0 Å². The molecule has 0 aliphatic carbocycles. The number of urea groups is 1. The number of aromatic nitrogens is 2. The van der Waals surface area contributed by atoms with Gasteiger partial charge in [0.1, 0.15) is 11.6 Å². The minimum atomic E-state index is -5.10. The van der Waals surface area contributed by atoms with Gasteiger partial charge in [-0.05, 0) is 26.8 Å². The first kappa shape index (κ1) is 27.1. The fourth-order valence-corrected chi connectivity index (χ4v) is 3.44. The molecule has 14 nitrogen and oxygen atoms in total. The van der Waals surface area contributed by atoms with E-state index in [-0.39, 0.29) is 61.3 Å². The van der Waals surface area contributed by atoms with Crippen LogP contribution in [0.1, 0.15) is 31.1 Å². The zero-order chi connectivity index (χ0) is 23.7. The summed E-state index contributed by atoms with van der Waals surface area (Å²) in [5.41, 5.74) is 0.107. The van der Waals surface area contributed by atoms with Crippen LogP contribution < -0.4 is 40.2 Å². The number of hydrogen-bond donors (Lipinski definition) is 2. The largest absolute Gasteiger partial charge is 1.00 e. The van der Waals surface area contributed by atoms with Crippen LogP contribution in [0, 0.1) is 0 Å². The number of carbonyl (C=O) groups is 3. The molecule has 1 unspecified atom stereocenters. The van der Waals surface area contributed by atoms with E-state index in [9.17, 15) is 27.4 Å². The fourth-order valence-electron chi connectivity index (χ4n) is 3.07. The normalized spacial score (nSPS) is 17.9. The smallest absolute Gasteiger partial charge is 0.724 e. The topological polar surface area (TPSA) is 175 Å². The minimum Gasteiger partial charge on any atom is -0.724 e. The van der Waals surface area contributed by atoms with E-state index >= 15 is 0 Å². The van der Waals surface area contributed by atoms with Crippen LogP contribution in [0.3, 0.4) is 0 Å². The average molecular weight is 494 g/mol. The summed E-state index contributed by atoms with van der Waals surface area (Å²) < 4.78 is 43.3. The summed E-state index contributed by atoms with van der Waals surface area (Å²) in [4.78, 5) is 37.3. The molecule has 0 aromatic carbocycles. The van der Waals surface area contributed by atoms with Crippen LogP contribution >= 0.6 is 0 Å². The van der Waals surface area contributed by atoms with E-state index in [4.69, 9.17) is 4.74 Å². The second-order valence-electron chi connectivity index (χ2n) is 8.06. The van der Waals surface area contributed by atoms with Crippen molar-refractivity contribution in [2.24, 2.45) is 0 Å². The number of hydrogen-bond acceptors (Lipinski definition) is 9. The Kier molecular flexibility index (Phi) is 8.53. The molecule has 16 heteroatoms. The number of amides is 4. The van der Waals surface area contributed by atoms with Gasteiger partial charge in [-0.2, -0.15) is 14.4 Å². The van der Waals surface area contributed by atoms with Gasteiger partial charge in [0.15, 0.2) is 0 Å². The molecule has 0 saturated carbocycles. The van der Waals surface area contributed by atoms with Crippen molar-refractivity contribution < 1.29 is 65.9 Å². The van der Waals surface area contributed by atoms with Gasteiger partial charge in [0.05, 0.1) is 24.0 Å². The summed E-state index contributed by atoms with van der Waals surface area (Å²) in [6.07, 6.45) is 3.70. The number of ether oxygens (including phenoxy) is 1. The average Bonchev–Trinajstić information content (AvgIpc) is 3.23. The molecule has 2 aliphatic heterocycles. The summed E-state index contributed by atoms with van der Waals surface area (Å²) in [5.74, 6) is -0.430. The summed E-state index contributed by atoms with van der Waals surface area (Å²) in [6.45, 7) is 5.77. The first-order valence-corrected chi connectivity index (χ1v) is 10.9. The minimum absolute atomic E-state index is 0. The van der Waals surface area contributed by atoms with E-state index in [1.54, 1.807) is 20.8 Å². The van der Waals surface area contributed by atoms with Crippen molar-refractivity contribution in [3.05, 3.63) is 24.0 Å². The third kappa shape index (κ3) is 7.41. The number of alkyl carbamates (subject to hydrolysis) is 1. The molecule has 1 aromatic rings. The standard InChI is InChI=1S/C17H24N6O8S.Na/c1-17(2,3)30-15(25)19-5-4-18-14(24)11-7-20-22(8-11)12-6-13-10-21(9-12)16(26)23(13)31-32(27,28)29;/h6-8,13H,4-5,9-10H2,1-3H3,(H,18,24)(H,19,25)(H,27,28,29);/q;+1/p-1. The van der Waals surface area contributed by atoms with Gasteiger partial charge < -0.3 is 24.8 Å². The Labute approximate surface area is 212 Å². The summed E-state index contributed by atoms with van der Waals surface area (Å²) in [5, 5.41) is 9.75. The van der Waals surface area contributed by atoms with Crippen LogP contribution in [-0.4, -0.2) is 88.6 Å². The van der Waals surface area contributed by atoms with Gasteiger partial charge in [-0.25, -0.2) is 22.7 Å². The SMILES string of the molecule is CC(C)(C)OC(=O)NCCNC(=O)c1cnn(C2=CC3CN(C2)C(=O)N3OS(=O)(=O)[O-])c1.[Na+]. The maximum absolute atomic E-state index is 12.3. The number of hydroxylamine groups is 2. The van der Waals surface area contributed by atoms with Crippen LogP contribution in [-0.2, 0) is 19.4 Å². The molecule has 2 aliphatic rings. The van der Waals surface area contributed by atoms with E-state index in [2.05, 4.69) is 20.0 Å². The van der Waals surface area contributed by atoms with Gasteiger partial charge in [0, 0.05) is 25.8 Å². The number of carbonyl (C=O) groups excluding carboxylic acids is 3. The summed E-state index contributed by atoms with van der Waals surface area (Å²) in [6, 6.07) is -1.56. The second kappa shape index (κ2) is 10.4. The second-order valence-corrected chi connectivity index (χ2v) is 9.02. The Hall–Kier alpha value is -2.17. The van der Waals surface area contributed by atoms with Crippen molar-refractivity contribution in [2.75, 3.05) is 26.2 Å². The molecule has 4 amide bonds. The molecule has 2 N–H and O–H groups in total. The number of rotatable bonds is 7. The van der Waals surface area contributed by atoms with Gasteiger partial charge in [0.2, 0.25) is 10.4 Å². The number of fused-ring (bicyclic) bond motifs is 2. The first-order chi connectivity index (χ1) is 14.8. The molecule has 1 aromatic heterocycles. The third-order valence-corrected chi connectivity index (χ3v) is 4.64. The Morgan fingerprint density at radius 1 is 1.27 bits per heavy atom. The van der Waals surface area contributed by atoms with Crippen molar-refractivity contribution in [3.63, 3.8) is 0 Å². The molecule has 33 heavy (non-hydrogen) atoms. The third-order valence-electron chi connectivity index (χ3n) is 4.29. The molecule has 1 fully saturated rings. The summed E-state index contributed by atoms with van der Waals surface area (Å²) in [7, 11) is -5.10. The molecule has 176 valence electrons. The van der Waals surface area contributed by atoms with Gasteiger partial charge in [-0.3, -0.25) is 4.79 Å². The van der Waals surface area contributed by atoms with Crippen molar-refractivity contribution in [1.29, 1.82) is 0 Å². The zero-order valence-electron chi connectivity index (χ0n) is 18.6. The van der Waals surface area contributed by atoms with Crippen LogP contribution in [0.15, 0.2) is 18.5 Å². The molecule has 3 heterocycles. The van der Waals surface area contributed by atoms with Gasteiger partial charge in [-0.1, -0.05) is 0 Å². The molecule has 2 bridgehead atoms. The van der Waals surface area contributed by atoms with Gasteiger partial charge in [0.25, 0.3) is 5.91 Å². The van der Waals surface area contributed by atoms with Crippen molar-refractivity contribution >= 4 is 34.1 Å². The van der Waals surface area contributed by atoms with Crippen LogP contribution in [0.25, 0.3) is 5.70 Å². The molecular formula is C17H23N6NaO8S.